The van der Waals surface area contributed by atoms with Crippen LogP contribution in [0.1, 0.15) is 11.1 Å². The Labute approximate surface area is 111 Å². The van der Waals surface area contributed by atoms with Crippen molar-refractivity contribution in [2.24, 2.45) is 0 Å². The summed E-state index contributed by atoms with van der Waals surface area (Å²) in [5, 5.41) is 12.5. The second kappa shape index (κ2) is 4.87. The van der Waals surface area contributed by atoms with E-state index in [-0.39, 0.29) is 23.5 Å². The predicted molar refractivity (Wildman–Crippen MR) is 64.3 cm³/mol. The van der Waals surface area contributed by atoms with Crippen molar-refractivity contribution in [3.8, 4) is 5.69 Å². The number of carboxylic acid groups (broad SMARTS) is 1. The van der Waals surface area contributed by atoms with Crippen molar-refractivity contribution in [1.29, 1.82) is 0 Å². The number of carbonyl (C=O) groups is 1. The maximum atomic E-state index is 12.6. The van der Waals surface area contributed by atoms with Crippen molar-refractivity contribution in [1.82, 2.24) is 9.78 Å². The van der Waals surface area contributed by atoms with E-state index in [2.05, 4.69) is 5.10 Å². The van der Waals surface area contributed by atoms with Crippen LogP contribution in [0, 0.1) is 0 Å². The largest absolute Gasteiger partial charge is 0.481 e. The topological polar surface area (TPSA) is 81.1 Å². The number of nitrogens with two attached hydrogens (primary N) is 1. The zero-order valence-electron chi connectivity index (χ0n) is 10.1. The number of alkyl halides is 3. The number of aliphatic carboxylic acids is 1. The lowest BCUT2D eigenvalue weighted by Crippen LogP contribution is -2.08. The third-order valence-corrected chi connectivity index (χ3v) is 2.65. The van der Waals surface area contributed by atoms with E-state index in [4.69, 9.17) is 10.8 Å². The van der Waals surface area contributed by atoms with Gasteiger partial charge < -0.3 is 10.8 Å². The molecule has 20 heavy (non-hydrogen) atoms. The molecule has 0 bridgehead atoms. The summed E-state index contributed by atoms with van der Waals surface area (Å²) in [6.45, 7) is 0. The van der Waals surface area contributed by atoms with Gasteiger partial charge in [-0.3, -0.25) is 4.79 Å². The number of anilines is 1. The van der Waals surface area contributed by atoms with Crippen molar-refractivity contribution in [2.75, 3.05) is 5.73 Å². The molecule has 0 unspecified atom stereocenters. The van der Waals surface area contributed by atoms with Crippen molar-refractivity contribution >= 4 is 11.8 Å². The zero-order valence-corrected chi connectivity index (χ0v) is 10.1. The molecule has 2 aromatic rings. The van der Waals surface area contributed by atoms with Crippen LogP contribution < -0.4 is 5.73 Å². The minimum atomic E-state index is -4.47. The summed E-state index contributed by atoms with van der Waals surface area (Å²) in [5.74, 6) is -1.09. The molecule has 0 spiro atoms. The lowest BCUT2D eigenvalue weighted by Gasteiger charge is -2.09. The maximum Gasteiger partial charge on any atom is 0.416 e. The summed E-state index contributed by atoms with van der Waals surface area (Å²) in [6, 6.07) is 4.47. The molecule has 0 saturated heterocycles. The van der Waals surface area contributed by atoms with Crippen molar-refractivity contribution in [2.45, 2.75) is 12.6 Å². The van der Waals surface area contributed by atoms with E-state index in [1.54, 1.807) is 0 Å². The molecular weight excluding hydrogens is 275 g/mol. The summed E-state index contributed by atoms with van der Waals surface area (Å²) in [6.07, 6.45) is -3.59. The third kappa shape index (κ3) is 2.73. The lowest BCUT2D eigenvalue weighted by atomic mass is 10.2. The molecule has 0 aliphatic carbocycles. The van der Waals surface area contributed by atoms with Gasteiger partial charge in [-0.1, -0.05) is 6.07 Å². The number of nitrogen functional groups attached to an aromatic ring is 1. The summed E-state index contributed by atoms with van der Waals surface area (Å²) in [5.41, 5.74) is 5.23. The quantitative estimate of drug-likeness (QED) is 0.905. The molecule has 0 fully saturated rings. The van der Waals surface area contributed by atoms with Gasteiger partial charge in [-0.15, -0.1) is 0 Å². The minimum absolute atomic E-state index is 0.00623. The second-order valence-corrected chi connectivity index (χ2v) is 4.09. The van der Waals surface area contributed by atoms with Crippen LogP contribution >= 0.6 is 0 Å². The monoisotopic (exact) mass is 285 g/mol. The van der Waals surface area contributed by atoms with Gasteiger partial charge in [0.05, 0.1) is 23.9 Å². The number of carboxylic acids is 1. The number of halogens is 3. The maximum absolute atomic E-state index is 12.6. The first kappa shape index (κ1) is 13.9. The van der Waals surface area contributed by atoms with Gasteiger partial charge in [-0.2, -0.15) is 18.3 Å². The highest BCUT2D eigenvalue weighted by atomic mass is 19.4. The van der Waals surface area contributed by atoms with E-state index in [9.17, 15) is 18.0 Å². The lowest BCUT2D eigenvalue weighted by molar-refractivity contribution is -0.138. The smallest absolute Gasteiger partial charge is 0.416 e. The summed E-state index contributed by atoms with van der Waals surface area (Å²) in [4.78, 5) is 10.6. The summed E-state index contributed by atoms with van der Waals surface area (Å²) in [7, 11) is 0. The van der Waals surface area contributed by atoms with Crippen LogP contribution in [-0.2, 0) is 17.4 Å². The van der Waals surface area contributed by atoms with E-state index >= 15 is 0 Å². The van der Waals surface area contributed by atoms with Gasteiger partial charge in [-0.25, -0.2) is 4.68 Å². The van der Waals surface area contributed by atoms with Crippen LogP contribution in [0.4, 0.5) is 19.0 Å². The molecule has 0 saturated carbocycles. The van der Waals surface area contributed by atoms with E-state index in [0.717, 1.165) is 16.8 Å². The molecule has 0 aliphatic rings. The van der Waals surface area contributed by atoms with E-state index in [0.29, 0.717) is 0 Å². The standard InChI is InChI=1S/C12H10F3N3O2/c13-12(14,15)8-2-1-3-9(5-8)18-11(16)7(6-17-18)4-10(19)20/h1-3,5-6H,4,16H2,(H,19,20). The third-order valence-electron chi connectivity index (χ3n) is 2.65. The average Bonchev–Trinajstić information content (AvgIpc) is 2.69. The number of aromatic nitrogens is 2. The Bertz CT molecular complexity index is 650. The molecule has 0 aliphatic heterocycles. The van der Waals surface area contributed by atoms with Crippen LogP contribution in [0.3, 0.4) is 0 Å². The highest BCUT2D eigenvalue weighted by Crippen LogP contribution is 2.30. The number of rotatable bonds is 3. The molecule has 3 N–H and O–H groups in total. The molecule has 1 aromatic carbocycles. The Morgan fingerprint density at radius 3 is 2.70 bits per heavy atom. The normalized spacial score (nSPS) is 11.6. The van der Waals surface area contributed by atoms with Gasteiger partial charge in [0.1, 0.15) is 5.82 Å². The van der Waals surface area contributed by atoms with Gasteiger partial charge >= 0.3 is 12.1 Å². The Morgan fingerprint density at radius 1 is 1.40 bits per heavy atom. The Balaban J connectivity index is 2.42. The van der Waals surface area contributed by atoms with Crippen molar-refractivity contribution in [3.63, 3.8) is 0 Å². The molecule has 5 nitrogen and oxygen atoms in total. The van der Waals surface area contributed by atoms with Crippen LogP contribution in [0.5, 0.6) is 0 Å². The Morgan fingerprint density at radius 2 is 2.10 bits per heavy atom. The van der Waals surface area contributed by atoms with Gasteiger partial charge in [0, 0.05) is 5.56 Å². The van der Waals surface area contributed by atoms with Crippen LogP contribution in [-0.4, -0.2) is 20.9 Å². The average molecular weight is 285 g/mol. The first-order chi connectivity index (χ1) is 9.29. The molecule has 2 rings (SSSR count). The number of hydrogen-bond acceptors (Lipinski definition) is 3. The second-order valence-electron chi connectivity index (χ2n) is 4.09. The number of nitrogens with zero attached hydrogens (tertiary/aromatic N) is 2. The SMILES string of the molecule is Nc1c(CC(=O)O)cnn1-c1cccc(C(F)(F)F)c1. The summed E-state index contributed by atoms with van der Waals surface area (Å²) < 4.78 is 38.9. The molecule has 0 radical (unpaired) electrons. The number of hydrogen-bond donors (Lipinski definition) is 2. The molecule has 8 heteroatoms. The van der Waals surface area contributed by atoms with Crippen LogP contribution in [0.25, 0.3) is 5.69 Å². The van der Waals surface area contributed by atoms with E-state index in [1.807, 2.05) is 0 Å². The minimum Gasteiger partial charge on any atom is -0.481 e. The zero-order chi connectivity index (χ0) is 14.9. The van der Waals surface area contributed by atoms with E-state index in [1.165, 1.54) is 18.3 Å². The molecular formula is C12H10F3N3O2. The summed E-state index contributed by atoms with van der Waals surface area (Å²) >= 11 is 0. The Kier molecular flexibility index (Phi) is 3.39. The van der Waals surface area contributed by atoms with Crippen LogP contribution in [0.2, 0.25) is 0 Å². The molecule has 106 valence electrons. The fourth-order valence-electron chi connectivity index (χ4n) is 1.71. The molecule has 1 heterocycles. The van der Waals surface area contributed by atoms with Gasteiger partial charge in [-0.05, 0) is 18.2 Å². The molecule has 0 atom stereocenters. The fraction of sp³-hybridized carbons (Fsp3) is 0.167. The first-order valence-electron chi connectivity index (χ1n) is 5.51. The molecule has 1 aromatic heterocycles. The first-order valence-corrected chi connectivity index (χ1v) is 5.51. The van der Waals surface area contributed by atoms with Gasteiger partial charge in [0.2, 0.25) is 0 Å². The van der Waals surface area contributed by atoms with Crippen molar-refractivity contribution in [3.05, 3.63) is 41.6 Å². The molecule has 0 amide bonds. The highest BCUT2D eigenvalue weighted by Gasteiger charge is 2.30. The highest BCUT2D eigenvalue weighted by molar-refractivity contribution is 5.72. The van der Waals surface area contributed by atoms with Crippen LogP contribution in [0.15, 0.2) is 30.5 Å². The van der Waals surface area contributed by atoms with Gasteiger partial charge in [0.15, 0.2) is 0 Å². The number of benzene rings is 1. The van der Waals surface area contributed by atoms with Crippen molar-refractivity contribution < 1.29 is 23.1 Å². The van der Waals surface area contributed by atoms with E-state index < -0.39 is 17.7 Å². The Hall–Kier alpha value is -2.51. The van der Waals surface area contributed by atoms with Gasteiger partial charge in [0.25, 0.3) is 0 Å². The predicted octanol–water partition coefficient (Wildman–Crippen LogP) is 2.10. The fourth-order valence-corrected chi connectivity index (χ4v) is 1.71.